The molecule has 0 amide bonds. The van der Waals surface area contributed by atoms with Crippen LogP contribution in [0.5, 0.6) is 0 Å². The molecule has 0 radical (unpaired) electrons. The van der Waals surface area contributed by atoms with E-state index in [1.54, 1.807) is 6.20 Å². The zero-order chi connectivity index (χ0) is 15.4. The van der Waals surface area contributed by atoms with Crippen molar-refractivity contribution in [2.24, 2.45) is 0 Å². The molecule has 0 aliphatic rings. The number of carboxylic acids is 1. The highest BCUT2D eigenvalue weighted by molar-refractivity contribution is 7.09. The van der Waals surface area contributed by atoms with Gasteiger partial charge in [0.2, 0.25) is 0 Å². The zero-order valence-corrected chi connectivity index (χ0v) is 12.0. The van der Waals surface area contributed by atoms with E-state index in [-0.39, 0.29) is 11.6 Å². The fourth-order valence-corrected chi connectivity index (χ4v) is 2.68. The van der Waals surface area contributed by atoms with Gasteiger partial charge >= 0.3 is 5.97 Å². The Hall–Kier alpha value is -2.48. The van der Waals surface area contributed by atoms with Crippen LogP contribution in [0.25, 0.3) is 0 Å². The number of anilines is 1. The Bertz CT molecular complexity index is 657. The van der Waals surface area contributed by atoms with E-state index in [0.717, 1.165) is 11.4 Å². The smallest absolute Gasteiger partial charge is 0.342 e. The largest absolute Gasteiger partial charge is 0.477 e. The Morgan fingerprint density at radius 3 is 2.86 bits per heavy atom. The third kappa shape index (κ3) is 3.34. The standard InChI is InChI=1S/C13H13N3O4S/c1-2-10(12-14-5-6-21-12)15-8-3-4-11(16(19)20)9(7-8)13(17)18/h3-7,10,15H,2H2,1H3,(H,17,18). The van der Waals surface area contributed by atoms with Crippen molar-refractivity contribution in [1.29, 1.82) is 0 Å². The molecule has 0 aliphatic carbocycles. The van der Waals surface area contributed by atoms with Crippen LogP contribution in [0.3, 0.4) is 0 Å². The van der Waals surface area contributed by atoms with Gasteiger partial charge in [-0.3, -0.25) is 10.1 Å². The summed E-state index contributed by atoms with van der Waals surface area (Å²) in [6, 6.07) is 3.91. The van der Waals surface area contributed by atoms with Crippen LogP contribution in [0.1, 0.15) is 34.8 Å². The number of nitrogens with zero attached hydrogens (tertiary/aromatic N) is 2. The Balaban J connectivity index is 2.30. The number of hydrogen-bond acceptors (Lipinski definition) is 6. The summed E-state index contributed by atoms with van der Waals surface area (Å²) in [7, 11) is 0. The Kier molecular flexibility index (Phi) is 4.49. The maximum Gasteiger partial charge on any atom is 0.342 e. The minimum atomic E-state index is -1.33. The monoisotopic (exact) mass is 307 g/mol. The van der Waals surface area contributed by atoms with Crippen molar-refractivity contribution in [2.75, 3.05) is 5.32 Å². The summed E-state index contributed by atoms with van der Waals surface area (Å²) in [5, 5.41) is 25.8. The van der Waals surface area contributed by atoms with E-state index < -0.39 is 16.6 Å². The number of nitrogens with one attached hydrogen (secondary N) is 1. The molecule has 1 aromatic heterocycles. The molecule has 0 saturated carbocycles. The summed E-state index contributed by atoms with van der Waals surface area (Å²) in [6.07, 6.45) is 2.45. The summed E-state index contributed by atoms with van der Waals surface area (Å²) < 4.78 is 0. The van der Waals surface area contributed by atoms with Gasteiger partial charge < -0.3 is 10.4 Å². The highest BCUT2D eigenvalue weighted by atomic mass is 32.1. The lowest BCUT2D eigenvalue weighted by molar-refractivity contribution is -0.385. The highest BCUT2D eigenvalue weighted by Gasteiger charge is 2.21. The second-order valence-corrected chi connectivity index (χ2v) is 5.20. The number of thiazole rings is 1. The molecule has 2 rings (SSSR count). The third-order valence-electron chi connectivity index (χ3n) is 2.92. The Morgan fingerprint density at radius 1 is 1.57 bits per heavy atom. The number of carbonyl (C=O) groups is 1. The Labute approximate surface area is 124 Å². The molecule has 0 spiro atoms. The van der Waals surface area contributed by atoms with Crippen LogP contribution in [0.15, 0.2) is 29.8 Å². The van der Waals surface area contributed by atoms with Gasteiger partial charge in [-0.2, -0.15) is 0 Å². The number of rotatable bonds is 6. The average Bonchev–Trinajstić information content (AvgIpc) is 2.98. The molecule has 0 bridgehead atoms. The second kappa shape index (κ2) is 6.31. The molecule has 1 atom stereocenters. The van der Waals surface area contributed by atoms with Crippen LogP contribution in [-0.4, -0.2) is 21.0 Å². The van der Waals surface area contributed by atoms with Gasteiger partial charge in [0.25, 0.3) is 5.69 Å². The van der Waals surface area contributed by atoms with E-state index >= 15 is 0 Å². The van der Waals surface area contributed by atoms with Crippen LogP contribution < -0.4 is 5.32 Å². The summed E-state index contributed by atoms with van der Waals surface area (Å²) in [5.74, 6) is -1.33. The molecule has 1 heterocycles. The van der Waals surface area contributed by atoms with Gasteiger partial charge in [0.1, 0.15) is 10.6 Å². The number of carboxylic acid groups (broad SMARTS) is 1. The van der Waals surface area contributed by atoms with Crippen molar-refractivity contribution in [1.82, 2.24) is 4.98 Å². The molecule has 110 valence electrons. The number of nitro groups is 1. The zero-order valence-electron chi connectivity index (χ0n) is 11.1. The van der Waals surface area contributed by atoms with Gasteiger partial charge in [-0.25, -0.2) is 9.78 Å². The summed E-state index contributed by atoms with van der Waals surface area (Å²) in [4.78, 5) is 25.5. The van der Waals surface area contributed by atoms with Gasteiger partial charge in [-0.1, -0.05) is 6.92 Å². The van der Waals surface area contributed by atoms with E-state index in [0.29, 0.717) is 5.69 Å². The van der Waals surface area contributed by atoms with Crippen molar-refractivity contribution in [3.63, 3.8) is 0 Å². The van der Waals surface area contributed by atoms with Gasteiger partial charge in [-0.05, 0) is 18.6 Å². The first-order valence-electron chi connectivity index (χ1n) is 6.20. The van der Waals surface area contributed by atoms with Gasteiger partial charge in [0.15, 0.2) is 0 Å². The molecule has 0 saturated heterocycles. The van der Waals surface area contributed by atoms with Crippen LogP contribution in [-0.2, 0) is 0 Å². The number of aromatic carboxylic acids is 1. The fraction of sp³-hybridized carbons (Fsp3) is 0.231. The van der Waals surface area contributed by atoms with Gasteiger partial charge in [0.05, 0.1) is 11.0 Å². The predicted octanol–water partition coefficient (Wildman–Crippen LogP) is 3.31. The second-order valence-electron chi connectivity index (χ2n) is 4.27. The predicted molar refractivity (Wildman–Crippen MR) is 78.8 cm³/mol. The van der Waals surface area contributed by atoms with E-state index in [4.69, 9.17) is 5.11 Å². The molecular weight excluding hydrogens is 294 g/mol. The van der Waals surface area contributed by atoms with Crippen molar-refractivity contribution >= 4 is 28.7 Å². The summed E-state index contributed by atoms with van der Waals surface area (Å²) in [5.41, 5.74) is -0.241. The SMILES string of the molecule is CCC(Nc1ccc([N+](=O)[O-])c(C(=O)O)c1)c1nccs1. The number of hydrogen-bond donors (Lipinski definition) is 2. The molecule has 21 heavy (non-hydrogen) atoms. The van der Waals surface area contributed by atoms with Crippen LogP contribution in [0, 0.1) is 10.1 Å². The first kappa shape index (κ1) is 14.9. The normalized spacial score (nSPS) is 11.9. The molecule has 0 fully saturated rings. The van der Waals surface area contributed by atoms with E-state index in [9.17, 15) is 14.9 Å². The molecule has 8 heteroatoms. The maximum atomic E-state index is 11.1. The summed E-state index contributed by atoms with van der Waals surface area (Å²) >= 11 is 1.50. The maximum absolute atomic E-state index is 11.1. The van der Waals surface area contributed by atoms with Crippen molar-refractivity contribution in [2.45, 2.75) is 19.4 Å². The van der Waals surface area contributed by atoms with Crippen molar-refractivity contribution in [3.8, 4) is 0 Å². The van der Waals surface area contributed by atoms with Crippen LogP contribution >= 0.6 is 11.3 Å². The number of nitro benzene ring substituents is 1. The molecule has 1 unspecified atom stereocenters. The lowest BCUT2D eigenvalue weighted by Crippen LogP contribution is -2.10. The minimum Gasteiger partial charge on any atom is -0.477 e. The molecule has 2 N–H and O–H groups in total. The molecule has 0 aliphatic heterocycles. The van der Waals surface area contributed by atoms with Crippen molar-refractivity contribution in [3.05, 3.63) is 50.5 Å². The Morgan fingerprint density at radius 2 is 2.33 bits per heavy atom. The average molecular weight is 307 g/mol. The topological polar surface area (TPSA) is 105 Å². The molecule has 1 aromatic carbocycles. The number of aromatic nitrogens is 1. The lowest BCUT2D eigenvalue weighted by atomic mass is 10.1. The highest BCUT2D eigenvalue weighted by Crippen LogP contribution is 2.27. The first-order chi connectivity index (χ1) is 10.0. The molecule has 7 nitrogen and oxygen atoms in total. The van der Waals surface area contributed by atoms with Crippen LogP contribution in [0.4, 0.5) is 11.4 Å². The first-order valence-corrected chi connectivity index (χ1v) is 7.08. The van der Waals surface area contributed by atoms with E-state index in [1.807, 2.05) is 12.3 Å². The third-order valence-corrected chi connectivity index (χ3v) is 3.81. The summed E-state index contributed by atoms with van der Waals surface area (Å²) in [6.45, 7) is 1.97. The van der Waals surface area contributed by atoms with Gasteiger partial charge in [-0.15, -0.1) is 11.3 Å². The lowest BCUT2D eigenvalue weighted by Gasteiger charge is -2.16. The van der Waals surface area contributed by atoms with E-state index in [1.165, 1.54) is 29.5 Å². The van der Waals surface area contributed by atoms with Gasteiger partial charge in [0, 0.05) is 23.3 Å². The fourth-order valence-electron chi connectivity index (χ4n) is 1.90. The quantitative estimate of drug-likeness (QED) is 0.626. The molecule has 2 aromatic rings. The van der Waals surface area contributed by atoms with Crippen LogP contribution in [0.2, 0.25) is 0 Å². The molecular formula is C13H13N3O4S. The van der Waals surface area contributed by atoms with Crippen molar-refractivity contribution < 1.29 is 14.8 Å². The van der Waals surface area contributed by atoms with E-state index in [2.05, 4.69) is 10.3 Å². The minimum absolute atomic E-state index is 0.0619. The number of benzene rings is 1.